The minimum atomic E-state index is -4.46. The van der Waals surface area contributed by atoms with Gasteiger partial charge in [-0.3, -0.25) is 9.59 Å². The number of alkyl carbamates (subject to hydrolysis) is 1. The lowest BCUT2D eigenvalue weighted by Gasteiger charge is -2.33. The van der Waals surface area contributed by atoms with E-state index in [9.17, 15) is 27.6 Å². The summed E-state index contributed by atoms with van der Waals surface area (Å²) in [6.07, 6.45) is 0.128. The Morgan fingerprint density at radius 1 is 0.767 bits per heavy atom. The summed E-state index contributed by atoms with van der Waals surface area (Å²) in [4.78, 5) is 61.8. The van der Waals surface area contributed by atoms with E-state index < -0.39 is 23.9 Å². The highest BCUT2D eigenvalue weighted by atomic mass is 19.4. The number of alkyl halides is 3. The summed E-state index contributed by atoms with van der Waals surface area (Å²) in [6, 6.07) is 16.1. The topological polar surface area (TPSA) is 140 Å². The van der Waals surface area contributed by atoms with Gasteiger partial charge in [0.25, 0.3) is 0 Å². The molecule has 5 aromatic rings. The summed E-state index contributed by atoms with van der Waals surface area (Å²) < 4.78 is 46.0. The molecule has 0 saturated carbocycles. The molecule has 5 heterocycles. The molecule has 12 nitrogen and oxygen atoms in total. The SMILES string of the molecule is COC(=O)N[C@H](C(=O)N1CCC[C@H]1c1nc2ccc([C@@H]3CC[C@@H](c4ccc5nc([C@@H]6CCCN6C(=O)CC(C)C)[nH]c5c4)N3c3ccc(C(F)(F)F)cc3)cc2[nH]1)C(C)C. The number of carbonyl (C=O) groups is 3. The lowest BCUT2D eigenvalue weighted by Crippen LogP contribution is -2.51. The summed E-state index contributed by atoms with van der Waals surface area (Å²) >= 11 is 0. The van der Waals surface area contributed by atoms with E-state index in [1.807, 2.05) is 50.8 Å². The maximum atomic E-state index is 13.8. The Hall–Kier alpha value is -5.60. The van der Waals surface area contributed by atoms with E-state index in [0.717, 1.165) is 83.3 Å². The normalized spacial score (nSPS) is 21.5. The van der Waals surface area contributed by atoms with Crippen molar-refractivity contribution in [2.24, 2.45) is 11.8 Å². The van der Waals surface area contributed by atoms with Crippen LogP contribution < -0.4 is 10.2 Å². The molecule has 3 fully saturated rings. The van der Waals surface area contributed by atoms with E-state index in [1.54, 1.807) is 17.0 Å². The number of hydrogen-bond donors (Lipinski definition) is 3. The van der Waals surface area contributed by atoms with Crippen LogP contribution in [0.2, 0.25) is 0 Å². The van der Waals surface area contributed by atoms with Crippen molar-refractivity contribution in [3.63, 3.8) is 0 Å². The largest absolute Gasteiger partial charge is 0.453 e. The molecule has 0 bridgehead atoms. The summed E-state index contributed by atoms with van der Waals surface area (Å²) in [5, 5.41) is 2.69. The van der Waals surface area contributed by atoms with Crippen molar-refractivity contribution in [3.8, 4) is 0 Å². The van der Waals surface area contributed by atoms with Gasteiger partial charge >= 0.3 is 12.3 Å². The van der Waals surface area contributed by atoms with Crippen LogP contribution >= 0.6 is 0 Å². The zero-order chi connectivity index (χ0) is 42.5. The lowest BCUT2D eigenvalue weighted by molar-refractivity contribution is -0.137. The van der Waals surface area contributed by atoms with E-state index in [4.69, 9.17) is 14.7 Å². The van der Waals surface area contributed by atoms with Crippen molar-refractivity contribution >= 4 is 45.7 Å². The average Bonchev–Trinajstić information content (AvgIpc) is 4.06. The first kappa shape index (κ1) is 41.1. The number of anilines is 1. The van der Waals surface area contributed by atoms with Gasteiger partial charge in [0.2, 0.25) is 11.8 Å². The van der Waals surface area contributed by atoms with E-state index in [2.05, 4.69) is 38.4 Å². The van der Waals surface area contributed by atoms with Crippen LogP contribution in [0.3, 0.4) is 0 Å². The third-order valence-corrected chi connectivity index (χ3v) is 12.4. The van der Waals surface area contributed by atoms with E-state index in [1.165, 1.54) is 7.11 Å². The summed E-state index contributed by atoms with van der Waals surface area (Å²) in [5.41, 5.74) is 5.16. The fourth-order valence-corrected chi connectivity index (χ4v) is 9.48. The molecule has 0 radical (unpaired) electrons. The Bertz CT molecular complexity index is 2370. The van der Waals surface area contributed by atoms with Crippen molar-refractivity contribution in [3.05, 3.63) is 89.0 Å². The first-order valence-corrected chi connectivity index (χ1v) is 21.1. The lowest BCUT2D eigenvalue weighted by atomic mass is 10.0. The Balaban J connectivity index is 1.10. The van der Waals surface area contributed by atoms with Crippen LogP contribution in [-0.2, 0) is 20.5 Å². The average molecular weight is 827 g/mol. The van der Waals surface area contributed by atoms with Crippen LogP contribution in [0.4, 0.5) is 23.7 Å². The number of aromatic amines is 2. The molecule has 0 unspecified atom stereocenters. The third kappa shape index (κ3) is 8.02. The maximum absolute atomic E-state index is 13.8. The maximum Gasteiger partial charge on any atom is 0.416 e. The van der Waals surface area contributed by atoms with Crippen LogP contribution in [0.15, 0.2) is 60.7 Å². The first-order valence-electron chi connectivity index (χ1n) is 21.1. The smallest absolute Gasteiger partial charge is 0.416 e. The van der Waals surface area contributed by atoms with Gasteiger partial charge in [0.05, 0.1) is 58.9 Å². The molecular formula is C45H53F3N8O4. The van der Waals surface area contributed by atoms with Crippen molar-refractivity contribution < 1.29 is 32.3 Å². The number of imidazole rings is 2. The highest BCUT2D eigenvalue weighted by Gasteiger charge is 2.40. The van der Waals surface area contributed by atoms with Crippen LogP contribution in [0.1, 0.15) is 125 Å². The molecule has 3 N–H and O–H groups in total. The number of benzene rings is 3. The number of H-pyrrole nitrogens is 2. The number of likely N-dealkylation sites (tertiary alicyclic amines) is 2. The van der Waals surface area contributed by atoms with Gasteiger partial charge in [-0.2, -0.15) is 13.2 Å². The number of nitrogens with one attached hydrogen (secondary N) is 3. The zero-order valence-corrected chi connectivity index (χ0v) is 34.7. The zero-order valence-electron chi connectivity index (χ0n) is 34.7. The molecule has 3 amide bonds. The third-order valence-electron chi connectivity index (χ3n) is 12.4. The van der Waals surface area contributed by atoms with Gasteiger partial charge in [0.15, 0.2) is 0 Å². The molecule has 0 spiro atoms. The molecule has 8 rings (SSSR count). The van der Waals surface area contributed by atoms with Gasteiger partial charge in [0.1, 0.15) is 17.7 Å². The van der Waals surface area contributed by atoms with Gasteiger partial charge < -0.3 is 34.7 Å². The van der Waals surface area contributed by atoms with Crippen molar-refractivity contribution in [1.82, 2.24) is 35.1 Å². The number of nitrogens with zero attached hydrogens (tertiary/aromatic N) is 5. The van der Waals surface area contributed by atoms with Gasteiger partial charge in [-0.25, -0.2) is 14.8 Å². The van der Waals surface area contributed by atoms with Crippen LogP contribution in [0, 0.1) is 11.8 Å². The highest BCUT2D eigenvalue weighted by molar-refractivity contribution is 5.87. The van der Waals surface area contributed by atoms with E-state index >= 15 is 0 Å². The van der Waals surface area contributed by atoms with Crippen molar-refractivity contribution in [1.29, 1.82) is 0 Å². The predicted octanol–water partition coefficient (Wildman–Crippen LogP) is 9.29. The molecule has 3 aromatic carbocycles. The molecule has 15 heteroatoms. The standard InChI is InChI=1S/C45H53F3N8O4/c1-25(2)22-39(57)54-20-6-8-37(54)41-49-31-16-10-27(23-33(31)51-41)35-18-19-36(56(35)30-14-12-29(13-15-30)45(46,47)48)28-11-17-32-34(24-28)52-42(50-32)38-9-7-21-55(38)43(58)40(26(3)4)53-44(59)60-5/h10-17,23-26,35-38,40H,6-9,18-22H2,1-5H3,(H,49,51)(H,50,52)(H,53,59)/t35-,36-,37-,38-,40-/m0/s1. The predicted molar refractivity (Wildman–Crippen MR) is 222 cm³/mol. The molecule has 60 heavy (non-hydrogen) atoms. The monoisotopic (exact) mass is 826 g/mol. The molecular weight excluding hydrogens is 774 g/mol. The van der Waals surface area contributed by atoms with Gasteiger partial charge in [-0.15, -0.1) is 0 Å². The molecule has 3 aliphatic heterocycles. The minimum absolute atomic E-state index is 0.109. The van der Waals surface area contributed by atoms with Crippen molar-refractivity contribution in [2.75, 3.05) is 25.1 Å². The number of ether oxygens (including phenoxy) is 1. The van der Waals surface area contributed by atoms with Gasteiger partial charge in [0, 0.05) is 25.2 Å². The van der Waals surface area contributed by atoms with E-state index in [-0.39, 0.29) is 47.8 Å². The fraction of sp³-hybridized carbons (Fsp3) is 0.489. The summed E-state index contributed by atoms with van der Waals surface area (Å²) in [7, 11) is 1.27. The minimum Gasteiger partial charge on any atom is -0.453 e. The molecule has 3 saturated heterocycles. The van der Waals surface area contributed by atoms with Crippen LogP contribution in [-0.4, -0.2) is 73.9 Å². The number of rotatable bonds is 10. The summed E-state index contributed by atoms with van der Waals surface area (Å²) in [5.74, 6) is 1.49. The second kappa shape index (κ2) is 16.5. The molecule has 0 aliphatic carbocycles. The fourth-order valence-electron chi connectivity index (χ4n) is 9.48. The Morgan fingerprint density at radius 2 is 1.30 bits per heavy atom. The molecule has 2 aromatic heterocycles. The number of methoxy groups -OCH3 is 1. The number of hydrogen-bond acceptors (Lipinski definition) is 7. The first-order chi connectivity index (χ1) is 28.7. The highest BCUT2D eigenvalue weighted by Crippen LogP contribution is 2.48. The second-order valence-corrected chi connectivity index (χ2v) is 17.2. The van der Waals surface area contributed by atoms with Crippen LogP contribution in [0.5, 0.6) is 0 Å². The molecule has 5 atom stereocenters. The number of halogens is 3. The number of amides is 3. The van der Waals surface area contributed by atoms with Gasteiger partial charge in [-0.05, 0) is 110 Å². The quantitative estimate of drug-likeness (QED) is 0.128. The Morgan fingerprint density at radius 3 is 1.80 bits per heavy atom. The number of fused-ring (bicyclic) bond motifs is 2. The number of carbonyl (C=O) groups excluding carboxylic acids is 3. The number of aromatic nitrogens is 4. The van der Waals surface area contributed by atoms with Crippen molar-refractivity contribution in [2.45, 2.75) is 109 Å². The Kier molecular flexibility index (Phi) is 11.3. The summed E-state index contributed by atoms with van der Waals surface area (Å²) in [6.45, 7) is 9.10. The molecule has 3 aliphatic rings. The van der Waals surface area contributed by atoms with E-state index in [0.29, 0.717) is 37.4 Å². The Labute approximate surface area is 347 Å². The van der Waals surface area contributed by atoms with Gasteiger partial charge in [-0.1, -0.05) is 39.8 Å². The van der Waals surface area contributed by atoms with Crippen LogP contribution in [0.25, 0.3) is 22.1 Å². The second-order valence-electron chi connectivity index (χ2n) is 17.2. The molecule has 318 valence electrons.